The molecule has 1 aliphatic heterocycles. The van der Waals surface area contributed by atoms with Crippen LogP contribution in [0.2, 0.25) is 0 Å². The molecule has 0 atom stereocenters. The minimum absolute atomic E-state index is 0.305. The maximum absolute atomic E-state index is 13.3. The molecule has 1 saturated heterocycles. The summed E-state index contributed by atoms with van der Waals surface area (Å²) in [6, 6.07) is 15.6. The Morgan fingerprint density at radius 1 is 1.11 bits per heavy atom. The lowest BCUT2D eigenvalue weighted by atomic mass is 10.1. The molecule has 0 radical (unpaired) electrons. The van der Waals surface area contributed by atoms with Gasteiger partial charge in [-0.15, -0.1) is 10.2 Å². The average molecular weight is 552 g/mol. The summed E-state index contributed by atoms with van der Waals surface area (Å²) in [5, 5.41) is 24.0. The minimum atomic E-state index is -1.02. The third-order valence-electron chi connectivity index (χ3n) is 6.14. The Labute approximate surface area is 224 Å². The molecular formula is C25H22FN7O3S2. The molecule has 0 aliphatic carbocycles. The number of carboxylic acid groups (broad SMARTS) is 1. The second-order valence-corrected chi connectivity index (χ2v) is 10.6. The van der Waals surface area contributed by atoms with Crippen LogP contribution in [0, 0.1) is 5.82 Å². The van der Waals surface area contributed by atoms with E-state index in [0.717, 1.165) is 33.8 Å². The van der Waals surface area contributed by atoms with Crippen molar-refractivity contribution < 1.29 is 19.0 Å². The zero-order valence-corrected chi connectivity index (χ0v) is 21.7. The van der Waals surface area contributed by atoms with Crippen molar-refractivity contribution in [3.8, 4) is 11.3 Å². The van der Waals surface area contributed by atoms with Gasteiger partial charge in [-0.2, -0.15) is 9.61 Å². The fourth-order valence-corrected chi connectivity index (χ4v) is 6.05. The van der Waals surface area contributed by atoms with E-state index in [4.69, 9.17) is 4.74 Å². The summed E-state index contributed by atoms with van der Waals surface area (Å²) >= 11 is 2.74. The first-order valence-electron chi connectivity index (χ1n) is 11.9. The Kier molecular flexibility index (Phi) is 6.89. The third-order valence-corrected chi connectivity index (χ3v) is 8.11. The largest absolute Gasteiger partial charge is 0.465 e. The SMILES string of the molecule is O=C(O)N(CCN1CCOCC1)c1nc2ccc(Sc3nnc4ccc(-c5ccc(F)cc5)nn34)cc2s1. The van der Waals surface area contributed by atoms with Crippen LogP contribution in [0.1, 0.15) is 0 Å². The van der Waals surface area contributed by atoms with E-state index in [1.807, 2.05) is 30.3 Å². The number of benzene rings is 2. The second kappa shape index (κ2) is 10.6. The zero-order chi connectivity index (χ0) is 26.1. The van der Waals surface area contributed by atoms with Gasteiger partial charge in [0.25, 0.3) is 0 Å². The Hall–Kier alpha value is -3.65. The highest BCUT2D eigenvalue weighted by molar-refractivity contribution is 7.99. The monoisotopic (exact) mass is 551 g/mol. The van der Waals surface area contributed by atoms with Crippen LogP contribution in [0.5, 0.6) is 0 Å². The highest BCUT2D eigenvalue weighted by Crippen LogP contribution is 2.34. The van der Waals surface area contributed by atoms with Crippen molar-refractivity contribution in [2.75, 3.05) is 44.3 Å². The van der Waals surface area contributed by atoms with Crippen LogP contribution < -0.4 is 4.90 Å². The fourth-order valence-electron chi connectivity index (χ4n) is 4.12. The number of halogens is 1. The van der Waals surface area contributed by atoms with E-state index in [9.17, 15) is 14.3 Å². The van der Waals surface area contributed by atoms with E-state index in [-0.39, 0.29) is 5.82 Å². The lowest BCUT2D eigenvalue weighted by Crippen LogP contribution is -2.42. The van der Waals surface area contributed by atoms with Crippen molar-refractivity contribution in [3.63, 3.8) is 0 Å². The number of thiazole rings is 1. The average Bonchev–Trinajstić information content (AvgIpc) is 3.53. The van der Waals surface area contributed by atoms with Gasteiger partial charge in [0.15, 0.2) is 10.8 Å². The van der Waals surface area contributed by atoms with Crippen LogP contribution in [0.4, 0.5) is 14.3 Å². The van der Waals surface area contributed by atoms with Crippen LogP contribution in [-0.2, 0) is 4.74 Å². The molecule has 6 rings (SSSR count). The summed E-state index contributed by atoms with van der Waals surface area (Å²) in [5.74, 6) is -0.305. The normalized spacial score (nSPS) is 14.3. The predicted octanol–water partition coefficient (Wildman–Crippen LogP) is 4.51. The third kappa shape index (κ3) is 5.18. The van der Waals surface area contributed by atoms with Gasteiger partial charge in [-0.05, 0) is 66.4 Å². The van der Waals surface area contributed by atoms with Crippen molar-refractivity contribution in [3.05, 3.63) is 60.4 Å². The molecule has 1 fully saturated rings. The number of fused-ring (bicyclic) bond motifs is 2. The number of rotatable bonds is 7. The molecule has 13 heteroatoms. The smallest absolute Gasteiger partial charge is 0.413 e. The molecule has 1 N–H and O–H groups in total. The van der Waals surface area contributed by atoms with Crippen molar-refractivity contribution >= 4 is 50.2 Å². The molecule has 194 valence electrons. The van der Waals surface area contributed by atoms with Gasteiger partial charge in [-0.1, -0.05) is 11.3 Å². The molecular weight excluding hydrogens is 529 g/mol. The van der Waals surface area contributed by atoms with Crippen molar-refractivity contribution in [2.45, 2.75) is 10.1 Å². The molecule has 38 heavy (non-hydrogen) atoms. The summed E-state index contributed by atoms with van der Waals surface area (Å²) in [5.41, 5.74) is 2.78. The van der Waals surface area contributed by atoms with Crippen LogP contribution in [-0.4, -0.2) is 80.3 Å². The summed E-state index contributed by atoms with van der Waals surface area (Å²) < 4.78 is 21.2. The number of amides is 1. The highest BCUT2D eigenvalue weighted by Gasteiger charge is 2.21. The molecule has 0 unspecified atom stereocenters. The fraction of sp³-hybridized carbons (Fsp3) is 0.240. The Morgan fingerprint density at radius 2 is 1.92 bits per heavy atom. The van der Waals surface area contributed by atoms with E-state index in [2.05, 4.69) is 25.2 Å². The van der Waals surface area contributed by atoms with Gasteiger partial charge in [-0.25, -0.2) is 14.2 Å². The maximum Gasteiger partial charge on any atom is 0.413 e. The van der Waals surface area contributed by atoms with Crippen molar-refractivity contribution in [1.29, 1.82) is 0 Å². The van der Waals surface area contributed by atoms with Gasteiger partial charge in [0.05, 0.1) is 29.1 Å². The van der Waals surface area contributed by atoms with Gasteiger partial charge in [0.1, 0.15) is 5.82 Å². The Morgan fingerprint density at radius 3 is 2.71 bits per heavy atom. The number of anilines is 1. The molecule has 1 amide bonds. The number of hydrogen-bond acceptors (Lipinski definition) is 9. The molecule has 3 aromatic heterocycles. The molecule has 0 bridgehead atoms. The summed E-state index contributed by atoms with van der Waals surface area (Å²) in [4.78, 5) is 21.0. The van der Waals surface area contributed by atoms with E-state index in [0.29, 0.717) is 47.9 Å². The zero-order valence-electron chi connectivity index (χ0n) is 20.0. The van der Waals surface area contributed by atoms with Gasteiger partial charge >= 0.3 is 6.09 Å². The van der Waals surface area contributed by atoms with E-state index >= 15 is 0 Å². The molecule has 2 aromatic carbocycles. The highest BCUT2D eigenvalue weighted by atomic mass is 32.2. The van der Waals surface area contributed by atoms with Crippen molar-refractivity contribution in [2.24, 2.45) is 0 Å². The summed E-state index contributed by atoms with van der Waals surface area (Å²) in [7, 11) is 0. The molecule has 10 nitrogen and oxygen atoms in total. The molecule has 4 heterocycles. The summed E-state index contributed by atoms with van der Waals surface area (Å²) in [6.07, 6.45) is -1.02. The first kappa shape index (κ1) is 24.7. The summed E-state index contributed by atoms with van der Waals surface area (Å²) in [6.45, 7) is 3.89. The van der Waals surface area contributed by atoms with Crippen LogP contribution >= 0.6 is 23.1 Å². The Balaban J connectivity index is 1.23. The van der Waals surface area contributed by atoms with E-state index in [1.54, 1.807) is 16.6 Å². The number of carbonyl (C=O) groups is 1. The maximum atomic E-state index is 13.3. The van der Waals surface area contributed by atoms with E-state index < -0.39 is 6.09 Å². The lowest BCUT2D eigenvalue weighted by molar-refractivity contribution is 0.0392. The number of hydrogen-bond donors (Lipinski definition) is 1. The van der Waals surface area contributed by atoms with E-state index in [1.165, 1.54) is 40.1 Å². The predicted molar refractivity (Wildman–Crippen MR) is 143 cm³/mol. The minimum Gasteiger partial charge on any atom is -0.465 e. The lowest BCUT2D eigenvalue weighted by Gasteiger charge is -2.28. The van der Waals surface area contributed by atoms with Gasteiger partial charge in [0.2, 0.25) is 5.16 Å². The van der Waals surface area contributed by atoms with Gasteiger partial charge < -0.3 is 9.84 Å². The number of ether oxygens (including phenoxy) is 1. The van der Waals surface area contributed by atoms with Crippen LogP contribution in [0.25, 0.3) is 27.1 Å². The van der Waals surface area contributed by atoms with Crippen LogP contribution in [0.15, 0.2) is 64.6 Å². The quantitative estimate of drug-likeness (QED) is 0.313. The van der Waals surface area contributed by atoms with Gasteiger partial charge in [0, 0.05) is 36.6 Å². The topological polar surface area (TPSA) is 109 Å². The molecule has 1 aliphatic rings. The van der Waals surface area contributed by atoms with Gasteiger partial charge in [-0.3, -0.25) is 9.80 Å². The standard InChI is InChI=1S/C25H22FN7O3S2/c26-17-3-1-16(2-4-17)19-7-8-22-28-29-24(33(22)30-19)37-18-5-6-20-21(15-18)38-23(27-20)32(25(34)35)10-9-31-11-13-36-14-12-31/h1-8,15H,9-14H2,(H,34,35). The van der Waals surface area contributed by atoms with Crippen LogP contribution in [0.3, 0.4) is 0 Å². The number of morpholine rings is 1. The molecule has 5 aromatic rings. The Bertz CT molecular complexity index is 1600. The first-order chi connectivity index (χ1) is 18.5. The molecule has 0 spiro atoms. The second-order valence-electron chi connectivity index (χ2n) is 8.59. The molecule has 0 saturated carbocycles. The first-order valence-corrected chi connectivity index (χ1v) is 13.5. The number of aromatic nitrogens is 5. The van der Waals surface area contributed by atoms with Crippen molar-refractivity contribution in [1.82, 2.24) is 29.7 Å². The number of nitrogens with zero attached hydrogens (tertiary/aromatic N) is 7.